The summed E-state index contributed by atoms with van der Waals surface area (Å²) in [6, 6.07) is 18.1. The summed E-state index contributed by atoms with van der Waals surface area (Å²) in [4.78, 5) is 29.1. The highest BCUT2D eigenvalue weighted by Gasteiger charge is 2.34. The minimum atomic E-state index is -4.26. The van der Waals surface area contributed by atoms with E-state index in [2.05, 4.69) is 5.32 Å². The smallest absolute Gasteiger partial charge is 0.264 e. The van der Waals surface area contributed by atoms with Crippen molar-refractivity contribution in [3.05, 3.63) is 83.4 Å². The Morgan fingerprint density at radius 3 is 2.14 bits per heavy atom. The number of anilines is 1. The number of methoxy groups -OCH3 is 2. The Morgan fingerprint density at radius 1 is 0.907 bits per heavy atom. The maximum absolute atomic E-state index is 14.2. The molecule has 1 atom stereocenters. The molecule has 1 N–H and O–H groups in total. The van der Waals surface area contributed by atoms with Gasteiger partial charge in [-0.15, -0.1) is 0 Å². The summed E-state index contributed by atoms with van der Waals surface area (Å²) in [5.41, 5.74) is 3.09. The topological polar surface area (TPSA) is 105 Å². The van der Waals surface area contributed by atoms with Crippen LogP contribution in [-0.2, 0) is 26.2 Å². The highest BCUT2D eigenvalue weighted by atomic mass is 32.2. The van der Waals surface area contributed by atoms with E-state index >= 15 is 0 Å². The standard InChI is InChI=1S/C33H43N3O6S/c1-8-29(33(38)34-20-23(2)3)35(21-26-12-10-9-11-25(26)5)32(37)22-36(27-15-13-24(4)14-16-27)43(39,40)28-17-18-30(41-6)31(19-28)42-7/h9-19,23,29H,8,20-22H2,1-7H3,(H,34,38)/t29-/m0/s1. The van der Waals surface area contributed by atoms with Gasteiger partial charge in [0.15, 0.2) is 11.5 Å². The molecule has 3 aromatic rings. The molecular formula is C33H43N3O6S. The normalized spacial score (nSPS) is 12.0. The Morgan fingerprint density at radius 2 is 1.56 bits per heavy atom. The lowest BCUT2D eigenvalue weighted by molar-refractivity contribution is -0.140. The van der Waals surface area contributed by atoms with Gasteiger partial charge in [0.25, 0.3) is 10.0 Å². The molecule has 0 saturated carbocycles. The Hall–Kier alpha value is -4.05. The van der Waals surface area contributed by atoms with E-state index in [1.807, 2.05) is 58.9 Å². The van der Waals surface area contributed by atoms with Crippen molar-refractivity contribution >= 4 is 27.5 Å². The Bertz CT molecular complexity index is 1510. The molecule has 0 aliphatic carbocycles. The van der Waals surface area contributed by atoms with E-state index in [4.69, 9.17) is 9.47 Å². The van der Waals surface area contributed by atoms with E-state index < -0.39 is 28.5 Å². The lowest BCUT2D eigenvalue weighted by atomic mass is 10.1. The predicted octanol–water partition coefficient (Wildman–Crippen LogP) is 5.10. The number of benzene rings is 3. The monoisotopic (exact) mass is 609 g/mol. The maximum Gasteiger partial charge on any atom is 0.264 e. The molecule has 0 aliphatic heterocycles. The number of hydrogen-bond acceptors (Lipinski definition) is 6. The molecule has 0 fully saturated rings. The number of nitrogens with zero attached hydrogens (tertiary/aromatic N) is 2. The first-order valence-electron chi connectivity index (χ1n) is 14.4. The number of hydrogen-bond donors (Lipinski definition) is 1. The van der Waals surface area contributed by atoms with E-state index in [1.165, 1.54) is 37.3 Å². The van der Waals surface area contributed by atoms with Gasteiger partial charge in [0, 0.05) is 19.2 Å². The first kappa shape index (κ1) is 33.5. The van der Waals surface area contributed by atoms with Crippen molar-refractivity contribution in [1.82, 2.24) is 10.2 Å². The molecule has 0 aliphatic rings. The van der Waals surface area contributed by atoms with Gasteiger partial charge in [0.05, 0.1) is 24.8 Å². The molecule has 3 rings (SSSR count). The number of rotatable bonds is 14. The average molecular weight is 610 g/mol. The van der Waals surface area contributed by atoms with Gasteiger partial charge in [-0.3, -0.25) is 13.9 Å². The minimum absolute atomic E-state index is 0.0642. The Balaban J connectivity index is 2.09. The van der Waals surface area contributed by atoms with Crippen molar-refractivity contribution in [3.8, 4) is 11.5 Å². The zero-order valence-electron chi connectivity index (χ0n) is 26.1. The van der Waals surface area contributed by atoms with Crippen molar-refractivity contribution in [1.29, 1.82) is 0 Å². The van der Waals surface area contributed by atoms with Crippen LogP contribution < -0.4 is 19.1 Å². The van der Waals surface area contributed by atoms with E-state index in [1.54, 1.807) is 24.3 Å². The molecule has 0 spiro atoms. The first-order chi connectivity index (χ1) is 20.4. The van der Waals surface area contributed by atoms with Crippen molar-refractivity contribution in [2.45, 2.75) is 58.5 Å². The average Bonchev–Trinajstić information content (AvgIpc) is 2.99. The summed E-state index contributed by atoms with van der Waals surface area (Å²) in [6.07, 6.45) is 0.356. The number of ether oxygens (including phenoxy) is 2. The van der Waals surface area contributed by atoms with Crippen LogP contribution in [0.25, 0.3) is 0 Å². The van der Waals surface area contributed by atoms with E-state index in [0.717, 1.165) is 21.0 Å². The van der Waals surface area contributed by atoms with Crippen LogP contribution in [0.15, 0.2) is 71.6 Å². The van der Waals surface area contributed by atoms with Gasteiger partial charge in [0.1, 0.15) is 12.6 Å². The number of carbonyl (C=O) groups excluding carboxylic acids is 2. The fourth-order valence-corrected chi connectivity index (χ4v) is 6.09. The Kier molecular flexibility index (Phi) is 11.6. The zero-order valence-corrected chi connectivity index (χ0v) is 26.9. The van der Waals surface area contributed by atoms with Crippen molar-refractivity contribution in [3.63, 3.8) is 0 Å². The first-order valence-corrected chi connectivity index (χ1v) is 15.8. The van der Waals surface area contributed by atoms with Gasteiger partial charge >= 0.3 is 0 Å². The summed E-state index contributed by atoms with van der Waals surface area (Å²) in [5, 5.41) is 2.95. The summed E-state index contributed by atoms with van der Waals surface area (Å²) in [5.74, 6) is 0.0719. The van der Waals surface area contributed by atoms with Crippen LogP contribution in [0.4, 0.5) is 5.69 Å². The second kappa shape index (κ2) is 14.9. The molecule has 43 heavy (non-hydrogen) atoms. The van der Waals surface area contributed by atoms with E-state index in [-0.39, 0.29) is 29.0 Å². The third-order valence-electron chi connectivity index (χ3n) is 7.22. The molecule has 2 amide bonds. The highest BCUT2D eigenvalue weighted by molar-refractivity contribution is 7.92. The van der Waals surface area contributed by atoms with Gasteiger partial charge < -0.3 is 19.7 Å². The maximum atomic E-state index is 14.2. The molecule has 10 heteroatoms. The third-order valence-corrected chi connectivity index (χ3v) is 8.99. The van der Waals surface area contributed by atoms with Crippen molar-refractivity contribution in [2.75, 3.05) is 31.6 Å². The van der Waals surface area contributed by atoms with E-state index in [0.29, 0.717) is 24.4 Å². The van der Waals surface area contributed by atoms with Crippen LogP contribution in [0.3, 0.4) is 0 Å². The predicted molar refractivity (Wildman–Crippen MR) is 169 cm³/mol. The largest absolute Gasteiger partial charge is 0.493 e. The molecule has 0 radical (unpaired) electrons. The zero-order chi connectivity index (χ0) is 31.7. The summed E-state index contributed by atoms with van der Waals surface area (Å²) in [7, 11) is -1.37. The molecular weight excluding hydrogens is 566 g/mol. The molecule has 0 aromatic heterocycles. The van der Waals surface area contributed by atoms with Crippen LogP contribution in [-0.4, -0.2) is 58.5 Å². The number of nitrogens with one attached hydrogen (secondary N) is 1. The minimum Gasteiger partial charge on any atom is -0.493 e. The van der Waals surface area contributed by atoms with Gasteiger partial charge in [-0.1, -0.05) is 62.7 Å². The lowest BCUT2D eigenvalue weighted by Crippen LogP contribution is -2.52. The fourth-order valence-electron chi connectivity index (χ4n) is 4.66. The van der Waals surface area contributed by atoms with E-state index in [9.17, 15) is 18.0 Å². The summed E-state index contributed by atoms with van der Waals surface area (Å²) in [6.45, 7) is 9.77. The van der Waals surface area contributed by atoms with Crippen LogP contribution in [0.5, 0.6) is 11.5 Å². The highest BCUT2D eigenvalue weighted by Crippen LogP contribution is 2.32. The summed E-state index contributed by atoms with van der Waals surface area (Å²) >= 11 is 0. The number of sulfonamides is 1. The molecule has 3 aromatic carbocycles. The Labute approximate surface area is 255 Å². The fraction of sp³-hybridized carbons (Fsp3) is 0.394. The molecule has 232 valence electrons. The van der Waals surface area contributed by atoms with Crippen LogP contribution in [0.1, 0.15) is 43.9 Å². The molecule has 0 unspecified atom stereocenters. The molecule has 0 saturated heterocycles. The van der Waals surface area contributed by atoms with Crippen LogP contribution >= 0.6 is 0 Å². The van der Waals surface area contributed by atoms with Crippen LogP contribution in [0.2, 0.25) is 0 Å². The van der Waals surface area contributed by atoms with Crippen molar-refractivity contribution < 1.29 is 27.5 Å². The van der Waals surface area contributed by atoms with Crippen molar-refractivity contribution in [2.24, 2.45) is 5.92 Å². The molecule has 9 nitrogen and oxygen atoms in total. The van der Waals surface area contributed by atoms with Gasteiger partial charge in [-0.2, -0.15) is 0 Å². The number of aryl methyl sites for hydroxylation is 2. The second-order valence-electron chi connectivity index (χ2n) is 10.9. The second-order valence-corrected chi connectivity index (χ2v) is 12.7. The molecule has 0 heterocycles. The quantitative estimate of drug-likeness (QED) is 0.273. The summed E-state index contributed by atoms with van der Waals surface area (Å²) < 4.78 is 40.1. The number of carbonyl (C=O) groups is 2. The van der Waals surface area contributed by atoms with Crippen LogP contribution in [0, 0.1) is 19.8 Å². The number of amides is 2. The molecule has 0 bridgehead atoms. The van der Waals surface area contributed by atoms with Gasteiger partial charge in [-0.05, 0) is 61.6 Å². The SMILES string of the molecule is CC[C@@H](C(=O)NCC(C)C)N(Cc1ccccc1C)C(=O)CN(c1ccc(C)cc1)S(=O)(=O)c1ccc(OC)c(OC)c1. The van der Waals surface area contributed by atoms with Gasteiger partial charge in [0.2, 0.25) is 11.8 Å². The lowest BCUT2D eigenvalue weighted by Gasteiger charge is -2.33. The third kappa shape index (κ3) is 8.28. The van der Waals surface area contributed by atoms with Gasteiger partial charge in [-0.25, -0.2) is 8.42 Å².